The molecule has 1 aromatic carbocycles. The molecular formula is C17H26ClFN2. The second-order valence-corrected chi connectivity index (χ2v) is 6.81. The topological polar surface area (TPSA) is 15.3 Å². The van der Waals surface area contributed by atoms with E-state index in [2.05, 4.69) is 31.0 Å². The van der Waals surface area contributed by atoms with E-state index in [9.17, 15) is 4.39 Å². The molecule has 1 fully saturated rings. The van der Waals surface area contributed by atoms with Crippen molar-refractivity contribution in [2.45, 2.75) is 51.6 Å². The maximum atomic E-state index is 13.5. The summed E-state index contributed by atoms with van der Waals surface area (Å²) < 4.78 is 13.5. The fraction of sp³-hybridized carbons (Fsp3) is 0.647. The summed E-state index contributed by atoms with van der Waals surface area (Å²) in [6, 6.07) is 4.88. The molecule has 1 aromatic rings. The third kappa shape index (κ3) is 3.97. The van der Waals surface area contributed by atoms with E-state index >= 15 is 0 Å². The summed E-state index contributed by atoms with van der Waals surface area (Å²) in [7, 11) is 0. The second kappa shape index (κ2) is 7.08. The van der Waals surface area contributed by atoms with E-state index in [0.717, 1.165) is 31.6 Å². The van der Waals surface area contributed by atoms with Crippen molar-refractivity contribution < 1.29 is 4.39 Å². The molecule has 21 heavy (non-hydrogen) atoms. The SMILES string of the molecule is CCNC(Cc1cc(F)ccc1Cl)C(C)(C)N1CCCC1. The van der Waals surface area contributed by atoms with E-state index in [1.165, 1.54) is 18.9 Å². The summed E-state index contributed by atoms with van der Waals surface area (Å²) in [5.74, 6) is -0.219. The zero-order chi connectivity index (χ0) is 15.5. The Morgan fingerprint density at radius 3 is 2.62 bits per heavy atom. The predicted octanol–water partition coefficient (Wildman–Crippen LogP) is 3.87. The largest absolute Gasteiger partial charge is 0.312 e. The lowest BCUT2D eigenvalue weighted by atomic mass is 9.87. The Labute approximate surface area is 132 Å². The molecule has 118 valence electrons. The van der Waals surface area contributed by atoms with Gasteiger partial charge in [0.2, 0.25) is 0 Å². The van der Waals surface area contributed by atoms with Gasteiger partial charge in [-0.2, -0.15) is 0 Å². The summed E-state index contributed by atoms with van der Waals surface area (Å²) in [6.07, 6.45) is 3.28. The van der Waals surface area contributed by atoms with Crippen LogP contribution in [0.3, 0.4) is 0 Å². The van der Waals surface area contributed by atoms with Crippen molar-refractivity contribution in [1.82, 2.24) is 10.2 Å². The van der Waals surface area contributed by atoms with Gasteiger partial charge in [-0.1, -0.05) is 18.5 Å². The first-order valence-electron chi connectivity index (χ1n) is 7.87. The molecule has 4 heteroatoms. The first-order valence-corrected chi connectivity index (χ1v) is 8.25. The van der Waals surface area contributed by atoms with Crippen molar-refractivity contribution >= 4 is 11.6 Å². The van der Waals surface area contributed by atoms with Gasteiger partial charge in [-0.3, -0.25) is 4.90 Å². The minimum Gasteiger partial charge on any atom is -0.312 e. The zero-order valence-corrected chi connectivity index (χ0v) is 14.0. The normalized spacial score (nSPS) is 18.1. The van der Waals surface area contributed by atoms with Crippen LogP contribution in [0.25, 0.3) is 0 Å². The van der Waals surface area contributed by atoms with Crippen molar-refractivity contribution in [2.24, 2.45) is 0 Å². The van der Waals surface area contributed by atoms with Crippen LogP contribution in [0.2, 0.25) is 5.02 Å². The first-order chi connectivity index (χ1) is 9.95. The van der Waals surface area contributed by atoms with Gasteiger partial charge < -0.3 is 5.32 Å². The third-order valence-corrected chi connectivity index (χ3v) is 5.02. The van der Waals surface area contributed by atoms with E-state index in [-0.39, 0.29) is 17.4 Å². The highest BCUT2D eigenvalue weighted by atomic mass is 35.5. The lowest BCUT2D eigenvalue weighted by molar-refractivity contribution is 0.107. The van der Waals surface area contributed by atoms with Gasteiger partial charge in [-0.05, 0) is 76.5 Å². The van der Waals surface area contributed by atoms with Crippen molar-refractivity contribution in [3.05, 3.63) is 34.6 Å². The minimum atomic E-state index is -0.219. The lowest BCUT2D eigenvalue weighted by Crippen LogP contribution is -2.57. The minimum absolute atomic E-state index is 0.0299. The summed E-state index contributed by atoms with van der Waals surface area (Å²) >= 11 is 6.24. The molecule has 2 rings (SSSR count). The van der Waals surface area contributed by atoms with E-state index in [1.807, 2.05) is 0 Å². The standard InChI is InChI=1S/C17H26ClFN2/c1-4-20-16(17(2,3)21-9-5-6-10-21)12-13-11-14(19)7-8-15(13)18/h7-8,11,16,20H,4-6,9-10,12H2,1-3H3. The number of halogens is 2. The van der Waals surface area contributed by atoms with Crippen LogP contribution < -0.4 is 5.32 Å². The van der Waals surface area contributed by atoms with Gasteiger partial charge in [0, 0.05) is 16.6 Å². The number of nitrogens with zero attached hydrogens (tertiary/aromatic N) is 1. The molecule has 1 atom stereocenters. The number of hydrogen-bond donors (Lipinski definition) is 1. The number of nitrogens with one attached hydrogen (secondary N) is 1. The van der Waals surface area contributed by atoms with Gasteiger partial charge in [0.1, 0.15) is 5.82 Å². The van der Waals surface area contributed by atoms with Crippen molar-refractivity contribution in [3.8, 4) is 0 Å². The van der Waals surface area contributed by atoms with Crippen LogP contribution in [0.1, 0.15) is 39.2 Å². The molecule has 1 aliphatic heterocycles. The molecule has 1 unspecified atom stereocenters. The van der Waals surface area contributed by atoms with Gasteiger partial charge in [0.15, 0.2) is 0 Å². The van der Waals surface area contributed by atoms with Crippen molar-refractivity contribution in [3.63, 3.8) is 0 Å². The van der Waals surface area contributed by atoms with Gasteiger partial charge >= 0.3 is 0 Å². The van der Waals surface area contributed by atoms with E-state index < -0.39 is 0 Å². The number of likely N-dealkylation sites (N-methyl/N-ethyl adjacent to an activating group) is 1. The second-order valence-electron chi connectivity index (χ2n) is 6.40. The van der Waals surface area contributed by atoms with Gasteiger partial charge in [-0.25, -0.2) is 4.39 Å². The molecule has 0 aliphatic carbocycles. The maximum absolute atomic E-state index is 13.5. The Hall–Kier alpha value is -0.640. The summed E-state index contributed by atoms with van der Waals surface area (Å²) in [4.78, 5) is 2.54. The van der Waals surface area contributed by atoms with Crippen LogP contribution in [-0.2, 0) is 6.42 Å². The van der Waals surface area contributed by atoms with E-state index in [4.69, 9.17) is 11.6 Å². The van der Waals surface area contributed by atoms with Gasteiger partial charge in [0.05, 0.1) is 0 Å². The van der Waals surface area contributed by atoms with E-state index in [0.29, 0.717) is 5.02 Å². The maximum Gasteiger partial charge on any atom is 0.123 e. The lowest BCUT2D eigenvalue weighted by Gasteiger charge is -2.43. The molecule has 1 aliphatic rings. The fourth-order valence-electron chi connectivity index (χ4n) is 3.25. The number of likely N-dealkylation sites (tertiary alicyclic amines) is 1. The third-order valence-electron chi connectivity index (χ3n) is 4.66. The molecule has 0 aromatic heterocycles. The molecule has 1 N–H and O–H groups in total. The smallest absolute Gasteiger partial charge is 0.123 e. The highest BCUT2D eigenvalue weighted by molar-refractivity contribution is 6.31. The Bertz CT molecular complexity index is 470. The fourth-order valence-corrected chi connectivity index (χ4v) is 3.45. The molecule has 2 nitrogen and oxygen atoms in total. The highest BCUT2D eigenvalue weighted by Crippen LogP contribution is 2.28. The van der Waals surface area contributed by atoms with Crippen LogP contribution in [-0.4, -0.2) is 36.1 Å². The van der Waals surface area contributed by atoms with E-state index in [1.54, 1.807) is 12.1 Å². The van der Waals surface area contributed by atoms with Crippen LogP contribution in [0.5, 0.6) is 0 Å². The number of rotatable bonds is 6. The predicted molar refractivity (Wildman–Crippen MR) is 87.5 cm³/mol. The van der Waals surface area contributed by atoms with Gasteiger partial charge in [-0.15, -0.1) is 0 Å². The quantitative estimate of drug-likeness (QED) is 0.857. The molecule has 1 saturated heterocycles. The average Bonchev–Trinajstić information content (AvgIpc) is 2.97. The highest BCUT2D eigenvalue weighted by Gasteiger charge is 2.36. The van der Waals surface area contributed by atoms with Crippen LogP contribution in [0.4, 0.5) is 4.39 Å². The number of hydrogen-bond acceptors (Lipinski definition) is 2. The summed E-state index contributed by atoms with van der Waals surface area (Å²) in [6.45, 7) is 9.85. The Balaban J connectivity index is 2.19. The summed E-state index contributed by atoms with van der Waals surface area (Å²) in [5.41, 5.74) is 0.914. The zero-order valence-electron chi connectivity index (χ0n) is 13.3. The van der Waals surface area contributed by atoms with Crippen LogP contribution in [0.15, 0.2) is 18.2 Å². The molecule has 0 spiro atoms. The first kappa shape index (κ1) is 16.7. The molecule has 1 heterocycles. The van der Waals surface area contributed by atoms with Crippen molar-refractivity contribution in [2.75, 3.05) is 19.6 Å². The molecule has 0 saturated carbocycles. The molecule has 0 bridgehead atoms. The Morgan fingerprint density at radius 2 is 2.00 bits per heavy atom. The monoisotopic (exact) mass is 312 g/mol. The summed E-state index contributed by atoms with van der Waals surface area (Å²) in [5, 5.41) is 4.22. The Morgan fingerprint density at radius 1 is 1.33 bits per heavy atom. The van der Waals surface area contributed by atoms with Gasteiger partial charge in [0.25, 0.3) is 0 Å². The van der Waals surface area contributed by atoms with Crippen molar-refractivity contribution in [1.29, 1.82) is 0 Å². The van der Waals surface area contributed by atoms with Crippen LogP contribution in [0, 0.1) is 5.82 Å². The molecule has 0 radical (unpaired) electrons. The molecule has 0 amide bonds. The molecular weight excluding hydrogens is 287 g/mol. The average molecular weight is 313 g/mol. The van der Waals surface area contributed by atoms with Crippen LogP contribution >= 0.6 is 11.6 Å². The number of benzene rings is 1. The Kier molecular flexibility index (Phi) is 5.64.